The molecule has 7 heteroatoms. The number of ether oxygens (including phenoxy) is 1. The van der Waals surface area contributed by atoms with E-state index in [0.717, 1.165) is 22.3 Å². The molecule has 0 fully saturated rings. The van der Waals surface area contributed by atoms with E-state index in [0.29, 0.717) is 0 Å². The number of halogens is 3. The SMILES string of the molecule is O=C(NCC(CCO)C(F)(F)F)OCC1c2ccccc2-c2ccccc21. The van der Waals surface area contributed by atoms with Crippen LogP contribution < -0.4 is 5.32 Å². The number of carbonyl (C=O) groups excluding carboxylic acids is 1. The van der Waals surface area contributed by atoms with Crippen LogP contribution in [0.1, 0.15) is 23.5 Å². The van der Waals surface area contributed by atoms with Gasteiger partial charge in [0, 0.05) is 19.1 Å². The van der Waals surface area contributed by atoms with Gasteiger partial charge in [0.05, 0.1) is 5.92 Å². The number of aliphatic hydroxyl groups is 1. The van der Waals surface area contributed by atoms with Crippen molar-refractivity contribution < 1.29 is 27.8 Å². The van der Waals surface area contributed by atoms with Crippen molar-refractivity contribution >= 4 is 6.09 Å². The summed E-state index contributed by atoms with van der Waals surface area (Å²) in [5, 5.41) is 10.9. The number of fused-ring (bicyclic) bond motifs is 3. The fourth-order valence-electron chi connectivity index (χ4n) is 3.39. The van der Waals surface area contributed by atoms with Gasteiger partial charge in [-0.2, -0.15) is 13.2 Å². The fourth-order valence-corrected chi connectivity index (χ4v) is 3.39. The van der Waals surface area contributed by atoms with Crippen molar-refractivity contribution in [3.05, 3.63) is 59.7 Å². The van der Waals surface area contributed by atoms with Crippen molar-refractivity contribution in [3.8, 4) is 11.1 Å². The molecule has 0 spiro atoms. The predicted molar refractivity (Wildman–Crippen MR) is 94.3 cm³/mol. The average molecular weight is 379 g/mol. The summed E-state index contributed by atoms with van der Waals surface area (Å²) in [5.41, 5.74) is 4.20. The van der Waals surface area contributed by atoms with Gasteiger partial charge in [0.2, 0.25) is 0 Å². The van der Waals surface area contributed by atoms with E-state index in [1.54, 1.807) is 0 Å². The van der Waals surface area contributed by atoms with Crippen LogP contribution in [-0.4, -0.2) is 37.1 Å². The second-order valence-electron chi connectivity index (χ2n) is 6.46. The van der Waals surface area contributed by atoms with E-state index in [2.05, 4.69) is 5.32 Å². The van der Waals surface area contributed by atoms with Crippen LogP contribution in [0.25, 0.3) is 11.1 Å². The van der Waals surface area contributed by atoms with E-state index >= 15 is 0 Å². The quantitative estimate of drug-likeness (QED) is 0.795. The Kier molecular flexibility index (Phi) is 5.70. The van der Waals surface area contributed by atoms with Gasteiger partial charge in [-0.1, -0.05) is 48.5 Å². The lowest BCUT2D eigenvalue weighted by Gasteiger charge is -2.20. The molecule has 0 bridgehead atoms. The van der Waals surface area contributed by atoms with Gasteiger partial charge in [-0.25, -0.2) is 4.79 Å². The number of nitrogens with one attached hydrogen (secondary N) is 1. The Morgan fingerprint density at radius 2 is 1.63 bits per heavy atom. The topological polar surface area (TPSA) is 58.6 Å². The monoisotopic (exact) mass is 379 g/mol. The van der Waals surface area contributed by atoms with Crippen molar-refractivity contribution in [2.45, 2.75) is 18.5 Å². The molecule has 1 aliphatic rings. The van der Waals surface area contributed by atoms with Crippen LogP contribution in [0.4, 0.5) is 18.0 Å². The van der Waals surface area contributed by atoms with E-state index in [9.17, 15) is 18.0 Å². The van der Waals surface area contributed by atoms with Crippen molar-refractivity contribution in [2.75, 3.05) is 19.8 Å². The molecular weight excluding hydrogens is 359 g/mol. The Morgan fingerprint density at radius 1 is 1.07 bits per heavy atom. The van der Waals surface area contributed by atoms with Crippen molar-refractivity contribution in [3.63, 3.8) is 0 Å². The molecule has 2 aromatic carbocycles. The molecule has 0 aliphatic heterocycles. The first kappa shape index (κ1) is 19.2. The molecule has 1 aliphatic carbocycles. The summed E-state index contributed by atoms with van der Waals surface area (Å²) in [7, 11) is 0. The highest BCUT2D eigenvalue weighted by molar-refractivity contribution is 5.79. The molecule has 144 valence electrons. The Labute approximate surface area is 155 Å². The number of alkyl carbamates (subject to hydrolysis) is 1. The fraction of sp³-hybridized carbons (Fsp3) is 0.350. The van der Waals surface area contributed by atoms with E-state index in [-0.39, 0.29) is 12.5 Å². The Morgan fingerprint density at radius 3 is 2.15 bits per heavy atom. The molecule has 2 N–H and O–H groups in total. The van der Waals surface area contributed by atoms with Crippen LogP contribution in [0.5, 0.6) is 0 Å². The number of hydrogen-bond acceptors (Lipinski definition) is 3. The van der Waals surface area contributed by atoms with Gasteiger partial charge in [0.15, 0.2) is 0 Å². The number of amides is 1. The normalized spacial score (nSPS) is 14.4. The summed E-state index contributed by atoms with van der Waals surface area (Å²) in [6.45, 7) is -1.19. The molecule has 2 aromatic rings. The zero-order valence-corrected chi connectivity index (χ0v) is 14.5. The van der Waals surface area contributed by atoms with Crippen LogP contribution in [0.15, 0.2) is 48.5 Å². The summed E-state index contributed by atoms with van der Waals surface area (Å²) < 4.78 is 43.7. The maximum Gasteiger partial charge on any atom is 0.407 e. The van der Waals surface area contributed by atoms with Crippen LogP contribution in [0.2, 0.25) is 0 Å². The maximum absolute atomic E-state index is 12.8. The summed E-state index contributed by atoms with van der Waals surface area (Å²) in [4.78, 5) is 11.9. The van der Waals surface area contributed by atoms with Crippen LogP contribution >= 0.6 is 0 Å². The number of aliphatic hydroxyl groups excluding tert-OH is 1. The van der Waals surface area contributed by atoms with Crippen molar-refractivity contribution in [2.24, 2.45) is 5.92 Å². The molecule has 0 saturated carbocycles. The first-order valence-corrected chi connectivity index (χ1v) is 8.68. The number of benzene rings is 2. The lowest BCUT2D eigenvalue weighted by atomic mass is 9.98. The Balaban J connectivity index is 1.62. The van der Waals surface area contributed by atoms with Gasteiger partial charge in [0.1, 0.15) is 6.61 Å². The highest BCUT2D eigenvalue weighted by Crippen LogP contribution is 2.44. The third kappa shape index (κ3) is 4.24. The van der Waals surface area contributed by atoms with E-state index in [4.69, 9.17) is 9.84 Å². The molecule has 1 unspecified atom stereocenters. The van der Waals surface area contributed by atoms with E-state index < -0.39 is 37.8 Å². The van der Waals surface area contributed by atoms with E-state index in [1.807, 2.05) is 48.5 Å². The second kappa shape index (κ2) is 8.00. The van der Waals surface area contributed by atoms with Gasteiger partial charge in [-0.05, 0) is 28.7 Å². The molecule has 0 radical (unpaired) electrons. The summed E-state index contributed by atoms with van der Waals surface area (Å²) >= 11 is 0. The predicted octanol–water partition coefficient (Wildman–Crippen LogP) is 4.09. The summed E-state index contributed by atoms with van der Waals surface area (Å²) in [6, 6.07) is 15.6. The molecule has 1 amide bonds. The Hall–Kier alpha value is -2.54. The lowest BCUT2D eigenvalue weighted by Crippen LogP contribution is -2.37. The highest BCUT2D eigenvalue weighted by Gasteiger charge is 2.39. The molecule has 1 atom stereocenters. The standard InChI is InChI=1S/C20H20F3NO3/c21-20(22,23)13(9-10-25)11-24-19(26)27-12-18-16-7-3-1-5-14(16)15-6-2-4-8-17(15)18/h1-8,13,18,25H,9-12H2,(H,24,26). The zero-order chi connectivity index (χ0) is 19.4. The molecular formula is C20H20F3NO3. The molecule has 0 saturated heterocycles. The minimum Gasteiger partial charge on any atom is -0.449 e. The minimum absolute atomic E-state index is 0.0382. The average Bonchev–Trinajstić information content (AvgIpc) is 2.96. The van der Waals surface area contributed by atoms with Crippen LogP contribution in [0, 0.1) is 5.92 Å². The van der Waals surface area contributed by atoms with E-state index in [1.165, 1.54) is 0 Å². The van der Waals surface area contributed by atoms with Gasteiger partial charge in [-0.15, -0.1) is 0 Å². The van der Waals surface area contributed by atoms with Crippen LogP contribution in [-0.2, 0) is 4.74 Å². The Bertz CT molecular complexity index is 762. The molecule has 3 rings (SSSR count). The van der Waals surface area contributed by atoms with Crippen molar-refractivity contribution in [1.29, 1.82) is 0 Å². The number of carbonyl (C=O) groups is 1. The summed E-state index contributed by atoms with van der Waals surface area (Å²) in [5.74, 6) is -1.96. The first-order chi connectivity index (χ1) is 12.9. The van der Waals surface area contributed by atoms with Crippen LogP contribution in [0.3, 0.4) is 0 Å². The number of rotatable bonds is 6. The number of alkyl halides is 3. The van der Waals surface area contributed by atoms with Gasteiger partial charge in [0.25, 0.3) is 0 Å². The smallest absolute Gasteiger partial charge is 0.407 e. The third-order valence-electron chi connectivity index (χ3n) is 4.78. The molecule has 4 nitrogen and oxygen atoms in total. The summed E-state index contributed by atoms with van der Waals surface area (Å²) in [6.07, 6.45) is -5.85. The minimum atomic E-state index is -4.49. The van der Waals surface area contributed by atoms with Gasteiger partial charge >= 0.3 is 12.3 Å². The van der Waals surface area contributed by atoms with Gasteiger partial charge < -0.3 is 15.2 Å². The largest absolute Gasteiger partial charge is 0.449 e. The highest BCUT2D eigenvalue weighted by atomic mass is 19.4. The maximum atomic E-state index is 12.8. The third-order valence-corrected chi connectivity index (χ3v) is 4.78. The molecule has 0 aromatic heterocycles. The second-order valence-corrected chi connectivity index (χ2v) is 6.46. The zero-order valence-electron chi connectivity index (χ0n) is 14.5. The number of hydrogen-bond donors (Lipinski definition) is 2. The van der Waals surface area contributed by atoms with Gasteiger partial charge in [-0.3, -0.25) is 0 Å². The van der Waals surface area contributed by atoms with Crippen molar-refractivity contribution in [1.82, 2.24) is 5.32 Å². The molecule has 27 heavy (non-hydrogen) atoms. The lowest BCUT2D eigenvalue weighted by molar-refractivity contribution is -0.176. The molecule has 0 heterocycles. The first-order valence-electron chi connectivity index (χ1n) is 8.68.